The molecule has 0 bridgehead atoms. The summed E-state index contributed by atoms with van der Waals surface area (Å²) in [6.45, 7) is 0. The molecule has 0 aliphatic carbocycles. The zero-order chi connectivity index (χ0) is 96.6. The fourth-order valence-electron chi connectivity index (χ4n) is 17.0. The lowest BCUT2D eigenvalue weighted by molar-refractivity contribution is 1.29. The third-order valence-electron chi connectivity index (χ3n) is 24.3. The third-order valence-corrected chi connectivity index (χ3v) is 24.3. The molecule has 14 nitrogen and oxygen atoms in total. The van der Waals surface area contributed by atoms with Crippen molar-refractivity contribution in [3.8, 4) is 124 Å². The van der Waals surface area contributed by atoms with E-state index in [0.717, 1.165) is 179 Å². The van der Waals surface area contributed by atoms with Crippen molar-refractivity contribution in [1.29, 1.82) is 0 Å². The van der Waals surface area contributed by atoms with Gasteiger partial charge in [0.15, 0.2) is 0 Å². The van der Waals surface area contributed by atoms with Crippen LogP contribution in [0.15, 0.2) is 547 Å². The van der Waals surface area contributed by atoms with Gasteiger partial charge in [0.05, 0.1) is 159 Å². The Morgan fingerprint density at radius 3 is 0.694 bits per heavy atom. The topological polar surface area (TPSA) is 180 Å². The summed E-state index contributed by atoms with van der Waals surface area (Å²) in [4.78, 5) is 65.2. The van der Waals surface area contributed by atoms with Crippen molar-refractivity contribution in [1.82, 2.24) is 69.8 Å². The van der Waals surface area contributed by atoms with Gasteiger partial charge in [-0.2, -0.15) is 0 Å². The Labute approximate surface area is 833 Å². The van der Waals surface area contributed by atoms with Crippen molar-refractivity contribution in [2.24, 2.45) is 0 Å². The first-order chi connectivity index (χ1) is 71.4. The minimum Gasteiger partial charge on any atom is -0.252 e. The fourth-order valence-corrected chi connectivity index (χ4v) is 17.0. The van der Waals surface area contributed by atoms with Crippen LogP contribution in [-0.2, 0) is 0 Å². The first-order valence-electron chi connectivity index (χ1n) is 47.6. The van der Waals surface area contributed by atoms with Crippen LogP contribution in [-0.4, -0.2) is 69.8 Å². The zero-order valence-electron chi connectivity index (χ0n) is 78.2. The molecule has 27 aromatic rings. The van der Waals surface area contributed by atoms with Crippen LogP contribution in [0.5, 0.6) is 0 Å². The predicted molar refractivity (Wildman–Crippen MR) is 592 cm³/mol. The van der Waals surface area contributed by atoms with E-state index < -0.39 is 0 Å². The molecule has 14 heteroatoms. The standard InChI is InChI=1S/4C20H14N2.2C18H12N2.C14H10N2/c2*1-3-9-15(10-4-1)19-20(16-11-5-2-6-12-16)22-18-14-8-7-13-17(18)21-19;1-2-7-15(8-3-1)16-9-6-10-17(13-16)20-14-21-18-11-4-5-12-19(18)22-20;1-2-6-15(7-3-1)16-10-12-17(13-11-16)20-14-21-18-8-4-5-9-19(18)22-20;1-2-8-14-13(6-1)7-5-9-15(14)18-12-19-16-10-3-4-11-17(16)20-18;1-2-6-14-11-15(10-9-13(14)5-1)18-12-19-16-7-3-4-8-17(16)20-18;1-2-6-11(7-3-1)14-10-15-12-8-4-5-9-13(12)16-14/h4*1-14H;2*1-12H;1-10H. The molecule has 144 heavy (non-hydrogen) atoms. The van der Waals surface area contributed by atoms with Crippen molar-refractivity contribution >= 4 is 98.8 Å². The molecule has 0 amide bonds. The highest BCUT2D eigenvalue weighted by atomic mass is 14.9. The van der Waals surface area contributed by atoms with Gasteiger partial charge in [-0.3, -0.25) is 24.9 Å². The third kappa shape index (κ3) is 21.8. The summed E-state index contributed by atoms with van der Waals surface area (Å²) in [6.07, 6.45) is 9.18. The molecule has 680 valence electrons. The summed E-state index contributed by atoms with van der Waals surface area (Å²) in [5, 5.41) is 4.89. The molecule has 27 rings (SSSR count). The van der Waals surface area contributed by atoms with Crippen molar-refractivity contribution in [3.63, 3.8) is 0 Å². The van der Waals surface area contributed by atoms with Gasteiger partial charge in [0.25, 0.3) is 0 Å². The van der Waals surface area contributed by atoms with Gasteiger partial charge >= 0.3 is 0 Å². The molecule has 0 unspecified atom stereocenters. The Balaban J connectivity index is 0.0000000992. The highest BCUT2D eigenvalue weighted by Crippen LogP contribution is 2.36. The van der Waals surface area contributed by atoms with Crippen molar-refractivity contribution in [2.45, 2.75) is 0 Å². The molecule has 0 N–H and O–H groups in total. The maximum absolute atomic E-state index is 4.86. The van der Waals surface area contributed by atoms with E-state index in [1.807, 2.05) is 316 Å². The average Bonchev–Trinajstić information content (AvgIpc) is 0.951. The van der Waals surface area contributed by atoms with Crippen LogP contribution in [0.2, 0.25) is 0 Å². The summed E-state index contributed by atoms with van der Waals surface area (Å²) in [6, 6.07) is 174. The molecule has 0 atom stereocenters. The molecular formula is C130H90N14. The fraction of sp³-hybridized carbons (Fsp3) is 0. The predicted octanol–water partition coefficient (Wildman–Crippen LogP) is 32.1. The van der Waals surface area contributed by atoms with Gasteiger partial charge in [-0.25, -0.2) is 44.9 Å². The first kappa shape index (κ1) is 90.8. The van der Waals surface area contributed by atoms with E-state index >= 15 is 0 Å². The number of hydrogen-bond acceptors (Lipinski definition) is 14. The van der Waals surface area contributed by atoms with Gasteiger partial charge in [-0.1, -0.05) is 419 Å². The Morgan fingerprint density at radius 2 is 0.326 bits per heavy atom. The minimum atomic E-state index is 0.900. The second-order valence-electron chi connectivity index (χ2n) is 33.8. The highest BCUT2D eigenvalue weighted by molar-refractivity contribution is 5.97. The molecule has 0 aliphatic heterocycles. The number of para-hydroxylation sites is 14. The Kier molecular flexibility index (Phi) is 27.8. The molecule has 0 fully saturated rings. The van der Waals surface area contributed by atoms with E-state index in [1.54, 1.807) is 0 Å². The van der Waals surface area contributed by atoms with Gasteiger partial charge in [0.2, 0.25) is 0 Å². The molecule has 0 spiro atoms. The van der Waals surface area contributed by atoms with E-state index in [4.69, 9.17) is 29.9 Å². The summed E-state index contributed by atoms with van der Waals surface area (Å²) in [5.41, 5.74) is 35.8. The van der Waals surface area contributed by atoms with Crippen LogP contribution in [0.4, 0.5) is 0 Å². The molecular weight excluding hydrogens is 1760 g/mol. The highest BCUT2D eigenvalue weighted by Gasteiger charge is 2.17. The van der Waals surface area contributed by atoms with Gasteiger partial charge in [0, 0.05) is 50.1 Å². The van der Waals surface area contributed by atoms with Gasteiger partial charge in [0.1, 0.15) is 0 Å². The van der Waals surface area contributed by atoms with Crippen molar-refractivity contribution in [3.05, 3.63) is 547 Å². The molecule has 7 heterocycles. The summed E-state index contributed by atoms with van der Waals surface area (Å²) >= 11 is 0. The van der Waals surface area contributed by atoms with Crippen LogP contribution in [0.3, 0.4) is 0 Å². The largest absolute Gasteiger partial charge is 0.252 e. The van der Waals surface area contributed by atoms with Gasteiger partial charge < -0.3 is 0 Å². The molecule has 7 aromatic heterocycles. The first-order valence-corrected chi connectivity index (χ1v) is 47.6. The van der Waals surface area contributed by atoms with E-state index in [2.05, 4.69) is 270 Å². The second-order valence-corrected chi connectivity index (χ2v) is 33.8. The van der Waals surface area contributed by atoms with Crippen LogP contribution in [0, 0.1) is 0 Å². The van der Waals surface area contributed by atoms with Crippen molar-refractivity contribution in [2.75, 3.05) is 0 Å². The minimum absolute atomic E-state index is 0.900. The summed E-state index contributed by atoms with van der Waals surface area (Å²) in [5.74, 6) is 0. The molecule has 0 radical (unpaired) electrons. The van der Waals surface area contributed by atoms with E-state index in [-0.39, 0.29) is 0 Å². The lowest BCUT2D eigenvalue weighted by Crippen LogP contribution is -1.95. The van der Waals surface area contributed by atoms with Gasteiger partial charge in [-0.05, 0) is 141 Å². The summed E-state index contributed by atoms with van der Waals surface area (Å²) < 4.78 is 0. The van der Waals surface area contributed by atoms with Crippen LogP contribution in [0.25, 0.3) is 222 Å². The molecule has 20 aromatic carbocycles. The lowest BCUT2D eigenvalue weighted by Gasteiger charge is -2.10. The quantitative estimate of drug-likeness (QED) is 0.119. The smallest absolute Gasteiger partial charge is 0.0973 e. The SMILES string of the molecule is c1ccc(-c2ccc(-c3cnc4ccccc4n3)cc2)cc1.c1ccc(-c2cccc(-c3cnc4ccccc4n3)c2)cc1.c1ccc(-c2cnc3ccccc3n2)cc1.c1ccc(-c2nc3ccccc3nc2-c2ccccc2)cc1.c1ccc(-c2nc3ccccc3nc2-c2ccccc2)cc1.c1ccc2c(-c3cnc4ccccc4n3)cccc2c1.c1ccc2cc(-c3cnc4ccccc4n3)ccc2c1. The van der Waals surface area contributed by atoms with Crippen LogP contribution >= 0.6 is 0 Å². The lowest BCUT2D eigenvalue weighted by atomic mass is 10.0. The number of benzene rings is 20. The average molecular weight is 1850 g/mol. The second kappa shape index (κ2) is 44.2. The Bertz CT molecular complexity index is 8670. The van der Waals surface area contributed by atoms with Crippen molar-refractivity contribution < 1.29 is 0 Å². The monoisotopic (exact) mass is 1850 g/mol. The molecule has 0 aliphatic rings. The molecule has 0 saturated heterocycles. The number of aromatic nitrogens is 14. The zero-order valence-corrected chi connectivity index (χ0v) is 78.2. The van der Waals surface area contributed by atoms with Gasteiger partial charge in [-0.15, -0.1) is 0 Å². The molecule has 0 saturated carbocycles. The normalized spacial score (nSPS) is 10.8. The number of fused-ring (bicyclic) bond motifs is 9. The number of nitrogens with zero attached hydrogens (tertiary/aromatic N) is 14. The number of rotatable bonds is 11. The van der Waals surface area contributed by atoms with E-state index in [1.165, 1.54) is 43.8 Å². The van der Waals surface area contributed by atoms with Crippen LogP contribution in [0.1, 0.15) is 0 Å². The Hall–Kier alpha value is -19.7. The maximum atomic E-state index is 4.86. The van der Waals surface area contributed by atoms with E-state index in [0.29, 0.717) is 0 Å². The number of hydrogen-bond donors (Lipinski definition) is 0. The Morgan fingerprint density at radius 1 is 0.111 bits per heavy atom. The van der Waals surface area contributed by atoms with E-state index in [9.17, 15) is 0 Å². The summed E-state index contributed by atoms with van der Waals surface area (Å²) in [7, 11) is 0. The maximum Gasteiger partial charge on any atom is 0.0973 e. The van der Waals surface area contributed by atoms with Crippen LogP contribution < -0.4 is 0 Å².